The normalized spacial score (nSPS) is 11.2. The number of halogens is 1. The zero-order chi connectivity index (χ0) is 22.1. The standard InChI is InChI=1S/C23H23FN4O3/c1-4-12-27-22(29)19-21(26(2)23(27)30)25-20(16-6-5-7-18(13-16)31-3)28(19)14-15-8-10-17(24)11-9-15/h5-11,13H,4,12,14H2,1-3H3. The largest absolute Gasteiger partial charge is 0.497 e. The van der Waals surface area contributed by atoms with Gasteiger partial charge in [-0.1, -0.05) is 31.2 Å². The van der Waals surface area contributed by atoms with Crippen molar-refractivity contribution in [2.45, 2.75) is 26.4 Å². The lowest BCUT2D eigenvalue weighted by Crippen LogP contribution is -2.39. The number of imidazole rings is 1. The number of hydrogen-bond donors (Lipinski definition) is 0. The van der Waals surface area contributed by atoms with Crippen LogP contribution < -0.4 is 16.0 Å². The number of aryl methyl sites for hydroxylation is 1. The molecule has 0 amide bonds. The first-order valence-electron chi connectivity index (χ1n) is 10.0. The molecule has 160 valence electrons. The summed E-state index contributed by atoms with van der Waals surface area (Å²) < 4.78 is 23.2. The first-order valence-corrected chi connectivity index (χ1v) is 10.0. The van der Waals surface area contributed by atoms with Crippen LogP contribution in [0.1, 0.15) is 18.9 Å². The van der Waals surface area contributed by atoms with Gasteiger partial charge in [-0.3, -0.25) is 13.9 Å². The van der Waals surface area contributed by atoms with Crippen molar-refractivity contribution in [3.63, 3.8) is 0 Å². The minimum absolute atomic E-state index is 0.295. The fraction of sp³-hybridized carbons (Fsp3) is 0.261. The van der Waals surface area contributed by atoms with Crippen molar-refractivity contribution in [3.8, 4) is 17.1 Å². The van der Waals surface area contributed by atoms with E-state index in [2.05, 4.69) is 4.98 Å². The first-order chi connectivity index (χ1) is 14.9. The highest BCUT2D eigenvalue weighted by atomic mass is 19.1. The molecule has 0 bridgehead atoms. The van der Waals surface area contributed by atoms with Crippen LogP contribution in [0.25, 0.3) is 22.6 Å². The van der Waals surface area contributed by atoms with Crippen LogP contribution in [-0.2, 0) is 20.1 Å². The Bertz CT molecular complexity index is 1370. The lowest BCUT2D eigenvalue weighted by Gasteiger charge is -2.11. The first kappa shape index (κ1) is 20.6. The quantitative estimate of drug-likeness (QED) is 0.479. The molecular weight excluding hydrogens is 399 g/mol. The number of rotatable bonds is 6. The second-order valence-electron chi connectivity index (χ2n) is 7.35. The third-order valence-electron chi connectivity index (χ3n) is 5.26. The molecule has 0 atom stereocenters. The Morgan fingerprint density at radius 3 is 2.48 bits per heavy atom. The molecule has 0 N–H and O–H groups in total. The third kappa shape index (κ3) is 3.65. The Hall–Kier alpha value is -3.68. The van der Waals surface area contributed by atoms with Crippen LogP contribution in [0.15, 0.2) is 58.1 Å². The van der Waals surface area contributed by atoms with Gasteiger partial charge in [0.2, 0.25) is 0 Å². The third-order valence-corrected chi connectivity index (χ3v) is 5.26. The van der Waals surface area contributed by atoms with E-state index in [0.717, 1.165) is 11.1 Å². The molecule has 4 rings (SSSR count). The second kappa shape index (κ2) is 8.22. The Balaban J connectivity index is 2.04. The summed E-state index contributed by atoms with van der Waals surface area (Å²) in [6, 6.07) is 13.4. The molecule has 0 fully saturated rings. The van der Waals surface area contributed by atoms with Gasteiger partial charge >= 0.3 is 5.69 Å². The minimum Gasteiger partial charge on any atom is -0.497 e. The van der Waals surface area contributed by atoms with E-state index in [0.29, 0.717) is 42.2 Å². The molecule has 0 spiro atoms. The molecule has 4 aromatic rings. The average Bonchev–Trinajstić information content (AvgIpc) is 3.16. The Morgan fingerprint density at radius 1 is 1.06 bits per heavy atom. The van der Waals surface area contributed by atoms with Crippen LogP contribution in [0.3, 0.4) is 0 Å². The van der Waals surface area contributed by atoms with E-state index in [4.69, 9.17) is 4.74 Å². The number of fused-ring (bicyclic) bond motifs is 1. The monoisotopic (exact) mass is 422 g/mol. The summed E-state index contributed by atoms with van der Waals surface area (Å²) in [6.07, 6.45) is 0.648. The molecule has 31 heavy (non-hydrogen) atoms. The van der Waals surface area contributed by atoms with Crippen molar-refractivity contribution < 1.29 is 9.13 Å². The summed E-state index contributed by atoms with van der Waals surface area (Å²) >= 11 is 0. The summed E-state index contributed by atoms with van der Waals surface area (Å²) in [5.74, 6) is 0.842. The predicted octanol–water partition coefficient (Wildman–Crippen LogP) is 3.17. The summed E-state index contributed by atoms with van der Waals surface area (Å²) in [5.41, 5.74) is 1.40. The Kier molecular flexibility index (Phi) is 5.46. The van der Waals surface area contributed by atoms with E-state index in [1.54, 1.807) is 30.9 Å². The molecule has 0 aliphatic heterocycles. The fourth-order valence-corrected chi connectivity index (χ4v) is 3.70. The number of methoxy groups -OCH3 is 1. The van der Waals surface area contributed by atoms with Gasteiger partial charge in [0.25, 0.3) is 5.56 Å². The smallest absolute Gasteiger partial charge is 0.332 e. The molecular formula is C23H23FN4O3. The lowest BCUT2D eigenvalue weighted by molar-refractivity contribution is 0.415. The topological polar surface area (TPSA) is 71.1 Å². The van der Waals surface area contributed by atoms with E-state index in [1.807, 2.05) is 31.2 Å². The van der Waals surface area contributed by atoms with Gasteiger partial charge in [-0.25, -0.2) is 14.2 Å². The maximum Gasteiger partial charge on any atom is 0.332 e. The highest BCUT2D eigenvalue weighted by Gasteiger charge is 2.21. The van der Waals surface area contributed by atoms with Crippen molar-refractivity contribution in [2.75, 3.05) is 7.11 Å². The molecule has 0 aliphatic rings. The van der Waals surface area contributed by atoms with Crippen molar-refractivity contribution in [1.29, 1.82) is 0 Å². The van der Waals surface area contributed by atoms with Crippen molar-refractivity contribution in [2.24, 2.45) is 7.05 Å². The summed E-state index contributed by atoms with van der Waals surface area (Å²) in [5, 5.41) is 0. The van der Waals surface area contributed by atoms with Gasteiger partial charge in [0, 0.05) is 25.7 Å². The number of nitrogens with zero attached hydrogens (tertiary/aromatic N) is 4. The maximum absolute atomic E-state index is 13.4. The van der Waals surface area contributed by atoms with Crippen LogP contribution in [0.5, 0.6) is 5.75 Å². The number of benzene rings is 2. The second-order valence-corrected chi connectivity index (χ2v) is 7.35. The van der Waals surface area contributed by atoms with E-state index in [-0.39, 0.29) is 11.4 Å². The molecule has 2 aromatic heterocycles. The highest BCUT2D eigenvalue weighted by molar-refractivity contribution is 5.77. The summed E-state index contributed by atoms with van der Waals surface area (Å²) in [4.78, 5) is 30.8. The van der Waals surface area contributed by atoms with Crippen LogP contribution in [-0.4, -0.2) is 25.8 Å². The van der Waals surface area contributed by atoms with Crippen LogP contribution in [0.4, 0.5) is 4.39 Å². The van der Waals surface area contributed by atoms with Gasteiger partial charge in [0.15, 0.2) is 11.2 Å². The summed E-state index contributed by atoms with van der Waals surface area (Å²) in [6.45, 7) is 2.52. The molecule has 2 heterocycles. The van der Waals surface area contributed by atoms with Crippen molar-refractivity contribution >= 4 is 11.2 Å². The molecule has 0 aliphatic carbocycles. The zero-order valence-corrected chi connectivity index (χ0v) is 17.6. The fourth-order valence-electron chi connectivity index (χ4n) is 3.70. The van der Waals surface area contributed by atoms with Crippen LogP contribution >= 0.6 is 0 Å². The van der Waals surface area contributed by atoms with E-state index >= 15 is 0 Å². The van der Waals surface area contributed by atoms with Gasteiger partial charge in [-0.2, -0.15) is 0 Å². The number of aromatic nitrogens is 4. The number of ether oxygens (including phenoxy) is 1. The molecule has 8 heteroatoms. The van der Waals surface area contributed by atoms with E-state index < -0.39 is 5.69 Å². The van der Waals surface area contributed by atoms with E-state index in [9.17, 15) is 14.0 Å². The zero-order valence-electron chi connectivity index (χ0n) is 17.6. The van der Waals surface area contributed by atoms with Gasteiger partial charge in [0.1, 0.15) is 17.4 Å². The molecule has 0 radical (unpaired) electrons. The lowest BCUT2D eigenvalue weighted by atomic mass is 10.2. The van der Waals surface area contributed by atoms with Gasteiger partial charge in [-0.05, 0) is 36.2 Å². The maximum atomic E-state index is 13.4. The Labute approximate surface area is 178 Å². The minimum atomic E-state index is -0.400. The molecule has 0 saturated heterocycles. The SMILES string of the molecule is CCCn1c(=O)c2c(nc(-c3cccc(OC)c3)n2Cc2ccc(F)cc2)n(C)c1=O. The average molecular weight is 422 g/mol. The van der Waals surface area contributed by atoms with Gasteiger partial charge in [0.05, 0.1) is 7.11 Å². The molecule has 0 unspecified atom stereocenters. The van der Waals surface area contributed by atoms with Crippen LogP contribution in [0.2, 0.25) is 0 Å². The van der Waals surface area contributed by atoms with Crippen molar-refractivity contribution in [1.82, 2.24) is 18.7 Å². The Morgan fingerprint density at radius 2 is 1.81 bits per heavy atom. The predicted molar refractivity (Wildman–Crippen MR) is 117 cm³/mol. The number of hydrogen-bond acceptors (Lipinski definition) is 4. The van der Waals surface area contributed by atoms with Crippen molar-refractivity contribution in [3.05, 3.63) is 80.7 Å². The van der Waals surface area contributed by atoms with Gasteiger partial charge < -0.3 is 9.30 Å². The van der Waals surface area contributed by atoms with Gasteiger partial charge in [-0.15, -0.1) is 0 Å². The summed E-state index contributed by atoms with van der Waals surface area (Å²) in [7, 11) is 3.19. The van der Waals surface area contributed by atoms with E-state index in [1.165, 1.54) is 21.3 Å². The molecule has 0 saturated carbocycles. The molecule has 2 aromatic carbocycles. The highest BCUT2D eigenvalue weighted by Crippen LogP contribution is 2.26. The van der Waals surface area contributed by atoms with Crippen LogP contribution in [0, 0.1) is 5.82 Å². The molecule has 7 nitrogen and oxygen atoms in total.